The summed E-state index contributed by atoms with van der Waals surface area (Å²) in [6.07, 6.45) is 0. The van der Waals surface area contributed by atoms with E-state index in [0.717, 1.165) is 5.56 Å². The van der Waals surface area contributed by atoms with Crippen LogP contribution in [0.15, 0.2) is 66.0 Å². The highest BCUT2D eigenvalue weighted by atomic mass is 32.1. The first-order valence-corrected chi connectivity index (χ1v) is 8.88. The van der Waals surface area contributed by atoms with Gasteiger partial charge in [-0.3, -0.25) is 9.59 Å². The number of anilines is 2. The Balaban J connectivity index is 1.66. The second-order valence-corrected chi connectivity index (χ2v) is 6.54. The topological polar surface area (TPSA) is 67.4 Å². The average Bonchev–Trinajstić information content (AvgIpc) is 3.18. The highest BCUT2D eigenvalue weighted by Crippen LogP contribution is 2.18. The van der Waals surface area contributed by atoms with Gasteiger partial charge in [0.15, 0.2) is 0 Å². The highest BCUT2D eigenvalue weighted by Gasteiger charge is 2.09. The molecule has 3 rings (SSSR count). The van der Waals surface area contributed by atoms with Crippen LogP contribution >= 0.6 is 11.3 Å². The molecule has 0 fully saturated rings. The Kier molecular flexibility index (Phi) is 5.78. The van der Waals surface area contributed by atoms with Crippen LogP contribution in [0.2, 0.25) is 0 Å². The Labute approximate surface area is 155 Å². The largest absolute Gasteiger partial charge is 0.380 e. The molecule has 1 aromatic heterocycles. The Bertz CT molecular complexity index is 890. The number of carbonyl (C=O) groups excluding carboxylic acids is 2. The predicted molar refractivity (Wildman–Crippen MR) is 104 cm³/mol. The molecule has 0 aliphatic heterocycles. The standard InChI is InChI=1S/C20H18N2O3S/c1-25-13-14-7-9-15(10-8-14)19(23)21-16-4-2-5-17(12-16)22-20(24)18-6-3-11-26-18/h2-12H,13H2,1H3,(H,21,23)(H,22,24). The van der Waals surface area contributed by atoms with Gasteiger partial charge in [-0.15, -0.1) is 11.3 Å². The lowest BCUT2D eigenvalue weighted by atomic mass is 10.1. The van der Waals surface area contributed by atoms with E-state index in [0.29, 0.717) is 28.4 Å². The molecule has 1 heterocycles. The fourth-order valence-corrected chi connectivity index (χ4v) is 3.02. The molecular weight excluding hydrogens is 348 g/mol. The van der Waals surface area contributed by atoms with E-state index >= 15 is 0 Å². The summed E-state index contributed by atoms with van der Waals surface area (Å²) in [6.45, 7) is 0.508. The minimum absolute atomic E-state index is 0.169. The normalized spacial score (nSPS) is 10.3. The Hall–Kier alpha value is -2.96. The lowest BCUT2D eigenvalue weighted by Gasteiger charge is -2.09. The summed E-state index contributed by atoms with van der Waals surface area (Å²) in [6, 6.07) is 17.9. The van der Waals surface area contributed by atoms with Crippen molar-refractivity contribution in [2.24, 2.45) is 0 Å². The van der Waals surface area contributed by atoms with Crippen LogP contribution in [0.4, 0.5) is 11.4 Å². The molecule has 0 bridgehead atoms. The molecule has 2 N–H and O–H groups in total. The van der Waals surface area contributed by atoms with E-state index < -0.39 is 0 Å². The third-order valence-corrected chi connectivity index (χ3v) is 4.52. The molecule has 0 unspecified atom stereocenters. The molecule has 26 heavy (non-hydrogen) atoms. The van der Waals surface area contributed by atoms with Gasteiger partial charge < -0.3 is 15.4 Å². The number of benzene rings is 2. The van der Waals surface area contributed by atoms with Gasteiger partial charge in [-0.1, -0.05) is 24.3 Å². The summed E-state index contributed by atoms with van der Waals surface area (Å²) in [5, 5.41) is 7.52. The number of nitrogens with one attached hydrogen (secondary N) is 2. The molecule has 0 radical (unpaired) electrons. The zero-order valence-electron chi connectivity index (χ0n) is 14.2. The molecule has 0 spiro atoms. The first-order chi connectivity index (χ1) is 12.7. The number of thiophene rings is 1. The van der Waals surface area contributed by atoms with Gasteiger partial charge in [-0.05, 0) is 47.3 Å². The fraction of sp³-hybridized carbons (Fsp3) is 0.100. The SMILES string of the molecule is COCc1ccc(C(=O)Nc2cccc(NC(=O)c3cccs3)c2)cc1. The highest BCUT2D eigenvalue weighted by molar-refractivity contribution is 7.12. The van der Waals surface area contributed by atoms with E-state index in [-0.39, 0.29) is 11.8 Å². The van der Waals surface area contributed by atoms with Crippen LogP contribution in [0.25, 0.3) is 0 Å². The van der Waals surface area contributed by atoms with Gasteiger partial charge in [-0.25, -0.2) is 0 Å². The van der Waals surface area contributed by atoms with E-state index in [1.165, 1.54) is 11.3 Å². The van der Waals surface area contributed by atoms with Crippen molar-refractivity contribution in [1.82, 2.24) is 0 Å². The second-order valence-electron chi connectivity index (χ2n) is 5.60. The summed E-state index contributed by atoms with van der Waals surface area (Å²) in [7, 11) is 1.63. The zero-order valence-corrected chi connectivity index (χ0v) is 15.0. The second kappa shape index (κ2) is 8.42. The zero-order chi connectivity index (χ0) is 18.4. The predicted octanol–water partition coefficient (Wildman–Crippen LogP) is 4.40. The molecule has 2 amide bonds. The third-order valence-electron chi connectivity index (χ3n) is 3.65. The number of rotatable bonds is 6. The minimum atomic E-state index is -0.212. The Morgan fingerprint density at radius 2 is 1.62 bits per heavy atom. The molecule has 2 aromatic carbocycles. The number of carbonyl (C=O) groups is 2. The van der Waals surface area contributed by atoms with Gasteiger partial charge in [0.25, 0.3) is 11.8 Å². The van der Waals surface area contributed by atoms with Gasteiger partial charge in [-0.2, -0.15) is 0 Å². The van der Waals surface area contributed by atoms with Crippen molar-refractivity contribution in [3.8, 4) is 0 Å². The quantitative estimate of drug-likeness (QED) is 0.679. The number of methoxy groups -OCH3 is 1. The third kappa shape index (κ3) is 4.56. The van der Waals surface area contributed by atoms with Gasteiger partial charge >= 0.3 is 0 Å². The maximum Gasteiger partial charge on any atom is 0.265 e. The summed E-state index contributed by atoms with van der Waals surface area (Å²) < 4.78 is 5.06. The maximum absolute atomic E-state index is 12.4. The van der Waals surface area contributed by atoms with Crippen LogP contribution in [0, 0.1) is 0 Å². The monoisotopic (exact) mass is 366 g/mol. The molecule has 0 aliphatic carbocycles. The average molecular weight is 366 g/mol. The summed E-state index contributed by atoms with van der Waals surface area (Å²) in [4.78, 5) is 25.1. The van der Waals surface area contributed by atoms with Crippen LogP contribution in [0.1, 0.15) is 25.6 Å². The summed E-state index contributed by atoms with van der Waals surface area (Å²) >= 11 is 1.38. The van der Waals surface area contributed by atoms with Gasteiger partial charge in [0, 0.05) is 24.0 Å². The number of hydrogen-bond acceptors (Lipinski definition) is 4. The number of ether oxygens (including phenoxy) is 1. The van der Waals surface area contributed by atoms with Crippen molar-refractivity contribution in [3.05, 3.63) is 82.0 Å². The number of hydrogen-bond donors (Lipinski definition) is 2. The molecule has 3 aromatic rings. The lowest BCUT2D eigenvalue weighted by Crippen LogP contribution is -2.13. The Morgan fingerprint density at radius 1 is 0.923 bits per heavy atom. The van der Waals surface area contributed by atoms with Crippen molar-refractivity contribution < 1.29 is 14.3 Å². The molecule has 6 heteroatoms. The first kappa shape index (κ1) is 17.8. The molecule has 0 saturated carbocycles. The van der Waals surface area contributed by atoms with Crippen molar-refractivity contribution in [2.75, 3.05) is 17.7 Å². The van der Waals surface area contributed by atoms with Crippen molar-refractivity contribution >= 4 is 34.5 Å². The molecule has 132 valence electrons. The molecule has 0 saturated heterocycles. The van der Waals surface area contributed by atoms with E-state index in [2.05, 4.69) is 10.6 Å². The summed E-state index contributed by atoms with van der Waals surface area (Å²) in [5.41, 5.74) is 2.79. The van der Waals surface area contributed by atoms with Gasteiger partial charge in [0.2, 0.25) is 0 Å². The van der Waals surface area contributed by atoms with Crippen molar-refractivity contribution in [2.45, 2.75) is 6.61 Å². The van der Waals surface area contributed by atoms with E-state index in [9.17, 15) is 9.59 Å². The van der Waals surface area contributed by atoms with Crippen molar-refractivity contribution in [1.29, 1.82) is 0 Å². The van der Waals surface area contributed by atoms with Crippen molar-refractivity contribution in [3.63, 3.8) is 0 Å². The van der Waals surface area contributed by atoms with E-state index in [4.69, 9.17) is 4.74 Å². The first-order valence-electron chi connectivity index (χ1n) is 8.00. The van der Waals surface area contributed by atoms with Gasteiger partial charge in [0.1, 0.15) is 0 Å². The maximum atomic E-state index is 12.4. The molecule has 0 aliphatic rings. The fourth-order valence-electron chi connectivity index (χ4n) is 2.40. The summed E-state index contributed by atoms with van der Waals surface area (Å²) in [5.74, 6) is -0.382. The van der Waals surface area contributed by atoms with E-state index in [1.807, 2.05) is 23.6 Å². The smallest absolute Gasteiger partial charge is 0.265 e. The minimum Gasteiger partial charge on any atom is -0.380 e. The molecule has 0 atom stereocenters. The number of amides is 2. The Morgan fingerprint density at radius 3 is 2.23 bits per heavy atom. The lowest BCUT2D eigenvalue weighted by molar-refractivity contribution is 0.102. The van der Waals surface area contributed by atoms with Gasteiger partial charge in [0.05, 0.1) is 11.5 Å². The van der Waals surface area contributed by atoms with Crippen LogP contribution in [-0.4, -0.2) is 18.9 Å². The van der Waals surface area contributed by atoms with Crippen LogP contribution in [0.3, 0.4) is 0 Å². The van der Waals surface area contributed by atoms with Crippen LogP contribution in [0.5, 0.6) is 0 Å². The van der Waals surface area contributed by atoms with E-state index in [1.54, 1.807) is 49.6 Å². The molecular formula is C20H18N2O3S. The van der Waals surface area contributed by atoms with Crippen LogP contribution < -0.4 is 10.6 Å². The molecule has 5 nitrogen and oxygen atoms in total. The van der Waals surface area contributed by atoms with Crippen LogP contribution in [-0.2, 0) is 11.3 Å².